The predicted molar refractivity (Wildman–Crippen MR) is 75.9 cm³/mol. The van der Waals surface area contributed by atoms with Gasteiger partial charge in [-0.15, -0.1) is 0 Å². The molecule has 0 aliphatic heterocycles. The normalized spacial score (nSPS) is 10.3. The van der Waals surface area contributed by atoms with Gasteiger partial charge in [-0.05, 0) is 20.3 Å². The fourth-order valence-corrected chi connectivity index (χ4v) is 2.31. The lowest BCUT2D eigenvalue weighted by atomic mass is 10.3. The Kier molecular flexibility index (Phi) is 6.58. The van der Waals surface area contributed by atoms with Crippen LogP contribution in [0.5, 0.6) is 0 Å². The molecule has 0 aliphatic carbocycles. The van der Waals surface area contributed by atoms with Crippen LogP contribution in [0.3, 0.4) is 0 Å². The third-order valence-electron chi connectivity index (χ3n) is 2.39. The zero-order valence-electron chi connectivity index (χ0n) is 11.5. The molecular formula is C12H20N4O2S. The van der Waals surface area contributed by atoms with Gasteiger partial charge >= 0.3 is 5.97 Å². The van der Waals surface area contributed by atoms with Crippen LogP contribution in [0.1, 0.15) is 31.7 Å². The van der Waals surface area contributed by atoms with E-state index in [1.807, 2.05) is 6.92 Å². The molecule has 3 N–H and O–H groups in total. The van der Waals surface area contributed by atoms with Crippen LogP contribution in [0.4, 0.5) is 5.82 Å². The summed E-state index contributed by atoms with van der Waals surface area (Å²) < 4.78 is 4.89. The number of nitrogens with two attached hydrogens (primary N) is 1. The quantitative estimate of drug-likeness (QED) is 0.259. The van der Waals surface area contributed by atoms with Gasteiger partial charge in [0.1, 0.15) is 16.7 Å². The Morgan fingerprint density at radius 3 is 2.74 bits per heavy atom. The summed E-state index contributed by atoms with van der Waals surface area (Å²) in [6.07, 6.45) is 1.73. The van der Waals surface area contributed by atoms with Gasteiger partial charge < -0.3 is 10.2 Å². The first-order valence-electron chi connectivity index (χ1n) is 6.24. The summed E-state index contributed by atoms with van der Waals surface area (Å²) in [5.74, 6) is 6.77. The lowest BCUT2D eigenvalue weighted by Crippen LogP contribution is -2.14. The summed E-state index contributed by atoms with van der Waals surface area (Å²) in [6, 6.07) is 0. The van der Waals surface area contributed by atoms with Crippen molar-refractivity contribution in [2.45, 2.75) is 38.6 Å². The van der Waals surface area contributed by atoms with Crippen LogP contribution in [0, 0.1) is 6.92 Å². The Morgan fingerprint density at radius 2 is 2.16 bits per heavy atom. The van der Waals surface area contributed by atoms with E-state index < -0.39 is 0 Å². The maximum atomic E-state index is 11.4. The molecule has 1 aromatic heterocycles. The van der Waals surface area contributed by atoms with Crippen molar-refractivity contribution in [3.05, 3.63) is 11.4 Å². The fraction of sp³-hybridized carbons (Fsp3) is 0.583. The standard InChI is InChI=1S/C12H20N4O2S/c1-4-6-9-14-11(16-13)8(3)12(15-9)19-7-10(17)18-5-2/h4-7,13H2,1-3H3,(H,14,15,16). The van der Waals surface area contributed by atoms with Crippen LogP contribution in [-0.2, 0) is 16.0 Å². The SMILES string of the molecule is CCCc1nc(NN)c(C)c(SCC(=O)OCC)n1. The van der Waals surface area contributed by atoms with E-state index in [0.29, 0.717) is 12.4 Å². The van der Waals surface area contributed by atoms with Crippen molar-refractivity contribution in [3.63, 3.8) is 0 Å². The molecule has 0 spiro atoms. The number of carbonyl (C=O) groups is 1. The van der Waals surface area contributed by atoms with Gasteiger partial charge in [0.05, 0.1) is 12.4 Å². The minimum Gasteiger partial charge on any atom is -0.465 e. The third kappa shape index (κ3) is 4.68. The van der Waals surface area contributed by atoms with Crippen molar-refractivity contribution in [2.24, 2.45) is 5.84 Å². The fourth-order valence-electron chi connectivity index (χ4n) is 1.49. The number of aryl methyl sites for hydroxylation is 1. The number of anilines is 1. The van der Waals surface area contributed by atoms with Crippen LogP contribution >= 0.6 is 11.8 Å². The molecule has 0 saturated carbocycles. The Bertz CT molecular complexity index is 440. The molecule has 0 saturated heterocycles. The van der Waals surface area contributed by atoms with E-state index in [9.17, 15) is 4.79 Å². The number of hydrogen-bond donors (Lipinski definition) is 2. The molecule has 1 rings (SSSR count). The Morgan fingerprint density at radius 1 is 1.42 bits per heavy atom. The number of thioether (sulfide) groups is 1. The minimum absolute atomic E-state index is 0.237. The monoisotopic (exact) mass is 284 g/mol. The second kappa shape index (κ2) is 7.96. The first-order valence-corrected chi connectivity index (χ1v) is 7.23. The van der Waals surface area contributed by atoms with Crippen LogP contribution in [0.25, 0.3) is 0 Å². The van der Waals surface area contributed by atoms with Crippen molar-refractivity contribution in [1.29, 1.82) is 0 Å². The minimum atomic E-state index is -0.246. The molecule has 7 heteroatoms. The molecule has 19 heavy (non-hydrogen) atoms. The molecule has 0 aliphatic rings. The summed E-state index contributed by atoms with van der Waals surface area (Å²) in [6.45, 7) is 6.11. The average Bonchev–Trinajstić information content (AvgIpc) is 2.39. The summed E-state index contributed by atoms with van der Waals surface area (Å²) >= 11 is 1.34. The first kappa shape index (κ1) is 15.7. The van der Waals surface area contributed by atoms with E-state index in [-0.39, 0.29) is 11.7 Å². The van der Waals surface area contributed by atoms with Gasteiger partial charge in [0.15, 0.2) is 0 Å². The lowest BCUT2D eigenvalue weighted by molar-refractivity contribution is -0.139. The van der Waals surface area contributed by atoms with E-state index in [4.69, 9.17) is 10.6 Å². The van der Waals surface area contributed by atoms with E-state index in [1.54, 1.807) is 6.92 Å². The number of rotatable bonds is 7. The van der Waals surface area contributed by atoms with E-state index in [2.05, 4.69) is 22.3 Å². The molecule has 0 atom stereocenters. The van der Waals surface area contributed by atoms with Crippen LogP contribution in [0.15, 0.2) is 5.03 Å². The zero-order valence-corrected chi connectivity index (χ0v) is 12.3. The van der Waals surface area contributed by atoms with E-state index >= 15 is 0 Å². The maximum absolute atomic E-state index is 11.4. The number of aromatic nitrogens is 2. The first-order chi connectivity index (χ1) is 9.12. The number of ether oxygens (including phenoxy) is 1. The van der Waals surface area contributed by atoms with Gasteiger partial charge in [0.25, 0.3) is 0 Å². The van der Waals surface area contributed by atoms with Gasteiger partial charge in [-0.25, -0.2) is 15.8 Å². The van der Waals surface area contributed by atoms with E-state index in [1.165, 1.54) is 11.8 Å². The van der Waals surface area contributed by atoms with Gasteiger partial charge in [-0.3, -0.25) is 4.79 Å². The van der Waals surface area contributed by atoms with Gasteiger partial charge in [-0.2, -0.15) is 0 Å². The smallest absolute Gasteiger partial charge is 0.316 e. The van der Waals surface area contributed by atoms with Crippen molar-refractivity contribution in [1.82, 2.24) is 9.97 Å². The third-order valence-corrected chi connectivity index (χ3v) is 3.44. The van der Waals surface area contributed by atoms with Gasteiger partial charge in [-0.1, -0.05) is 18.7 Å². The average molecular weight is 284 g/mol. The molecule has 0 amide bonds. The van der Waals surface area contributed by atoms with Gasteiger partial charge in [0.2, 0.25) is 0 Å². The maximum Gasteiger partial charge on any atom is 0.316 e. The molecular weight excluding hydrogens is 264 g/mol. The molecule has 1 aromatic rings. The molecule has 6 nitrogen and oxygen atoms in total. The molecule has 0 fully saturated rings. The largest absolute Gasteiger partial charge is 0.465 e. The Hall–Kier alpha value is -1.34. The van der Waals surface area contributed by atoms with E-state index in [0.717, 1.165) is 29.3 Å². The Balaban J connectivity index is 2.85. The molecule has 0 aromatic carbocycles. The van der Waals surface area contributed by atoms with Crippen molar-refractivity contribution in [2.75, 3.05) is 17.8 Å². The summed E-state index contributed by atoms with van der Waals surface area (Å²) in [5, 5.41) is 0.763. The second-order valence-corrected chi connectivity index (χ2v) is 4.87. The lowest BCUT2D eigenvalue weighted by Gasteiger charge is -2.11. The zero-order chi connectivity index (χ0) is 14.3. The van der Waals surface area contributed by atoms with Crippen molar-refractivity contribution < 1.29 is 9.53 Å². The highest BCUT2D eigenvalue weighted by atomic mass is 32.2. The number of nitrogen functional groups attached to an aromatic ring is 1. The van der Waals surface area contributed by atoms with Crippen LogP contribution in [0.2, 0.25) is 0 Å². The highest BCUT2D eigenvalue weighted by Crippen LogP contribution is 2.25. The molecule has 0 unspecified atom stereocenters. The van der Waals surface area contributed by atoms with Crippen molar-refractivity contribution >= 4 is 23.5 Å². The molecule has 0 bridgehead atoms. The molecule has 0 radical (unpaired) electrons. The molecule has 106 valence electrons. The molecule has 1 heterocycles. The summed E-state index contributed by atoms with van der Waals surface area (Å²) in [4.78, 5) is 20.1. The summed E-state index contributed by atoms with van der Waals surface area (Å²) in [7, 11) is 0. The summed E-state index contributed by atoms with van der Waals surface area (Å²) in [5.41, 5.74) is 3.41. The van der Waals surface area contributed by atoms with Crippen molar-refractivity contribution in [3.8, 4) is 0 Å². The number of hydrazine groups is 1. The van der Waals surface area contributed by atoms with Crippen LogP contribution < -0.4 is 11.3 Å². The highest BCUT2D eigenvalue weighted by Gasteiger charge is 2.12. The van der Waals surface area contributed by atoms with Crippen LogP contribution in [-0.4, -0.2) is 28.3 Å². The highest BCUT2D eigenvalue weighted by molar-refractivity contribution is 7.99. The predicted octanol–water partition coefficient (Wildman–Crippen LogP) is 1.68. The van der Waals surface area contributed by atoms with Gasteiger partial charge in [0, 0.05) is 12.0 Å². The number of carbonyl (C=O) groups excluding carboxylic acids is 1. The number of esters is 1. The number of nitrogens with zero attached hydrogens (tertiary/aromatic N) is 2. The second-order valence-electron chi connectivity index (χ2n) is 3.91. The topological polar surface area (TPSA) is 90.1 Å². The Labute approximate surface area is 117 Å². The number of nitrogens with one attached hydrogen (secondary N) is 1. The number of hydrogen-bond acceptors (Lipinski definition) is 7.